The van der Waals surface area contributed by atoms with Gasteiger partial charge in [0.2, 0.25) is 0 Å². The number of aromatic nitrogens is 3. The maximum atomic E-state index is 6.06. The number of hydrogen-bond acceptors (Lipinski definition) is 3. The summed E-state index contributed by atoms with van der Waals surface area (Å²) in [5.74, 6) is 3.84. The van der Waals surface area contributed by atoms with Gasteiger partial charge in [-0.3, -0.25) is 0 Å². The highest BCUT2D eigenvalue weighted by Gasteiger charge is 2.20. The third-order valence-electron chi connectivity index (χ3n) is 2.86. The quantitative estimate of drug-likeness (QED) is 0.732. The SMILES string of the molecule is Clc1cccc2nc(C3CCCSC3)nn12. The van der Waals surface area contributed by atoms with E-state index < -0.39 is 0 Å². The van der Waals surface area contributed by atoms with Gasteiger partial charge < -0.3 is 0 Å². The van der Waals surface area contributed by atoms with Crippen LogP contribution in [0.25, 0.3) is 5.65 Å². The molecular formula is C11H12ClN3S. The van der Waals surface area contributed by atoms with E-state index in [2.05, 4.69) is 10.1 Å². The van der Waals surface area contributed by atoms with E-state index in [1.165, 1.54) is 18.6 Å². The van der Waals surface area contributed by atoms with Crippen molar-refractivity contribution in [1.82, 2.24) is 14.6 Å². The molecule has 1 aliphatic heterocycles. The first kappa shape index (κ1) is 10.4. The number of pyridine rings is 1. The number of nitrogens with zero attached hydrogens (tertiary/aromatic N) is 3. The van der Waals surface area contributed by atoms with Gasteiger partial charge in [-0.2, -0.15) is 11.8 Å². The number of fused-ring (bicyclic) bond motifs is 1. The normalized spacial score (nSPS) is 21.4. The molecule has 0 aromatic carbocycles. The molecule has 3 nitrogen and oxygen atoms in total. The van der Waals surface area contributed by atoms with Crippen LogP contribution in [0.15, 0.2) is 18.2 Å². The Kier molecular flexibility index (Phi) is 2.77. The average molecular weight is 254 g/mol. The van der Waals surface area contributed by atoms with E-state index >= 15 is 0 Å². The first-order valence-electron chi connectivity index (χ1n) is 5.43. The molecule has 0 spiro atoms. The number of halogens is 1. The molecule has 0 bridgehead atoms. The molecule has 1 atom stereocenters. The zero-order valence-corrected chi connectivity index (χ0v) is 10.3. The van der Waals surface area contributed by atoms with Gasteiger partial charge in [0.15, 0.2) is 11.5 Å². The van der Waals surface area contributed by atoms with Crippen molar-refractivity contribution in [2.75, 3.05) is 11.5 Å². The second-order valence-electron chi connectivity index (χ2n) is 4.00. The van der Waals surface area contributed by atoms with Gasteiger partial charge in [-0.1, -0.05) is 17.7 Å². The lowest BCUT2D eigenvalue weighted by molar-refractivity contribution is 0.622. The molecule has 0 aliphatic carbocycles. The summed E-state index contributed by atoms with van der Waals surface area (Å²) in [7, 11) is 0. The van der Waals surface area contributed by atoms with Crippen molar-refractivity contribution in [3.05, 3.63) is 29.2 Å². The zero-order chi connectivity index (χ0) is 11.0. The first-order valence-corrected chi connectivity index (χ1v) is 6.97. The third kappa shape index (κ3) is 1.80. The molecule has 0 amide bonds. The highest BCUT2D eigenvalue weighted by Crippen LogP contribution is 2.29. The molecule has 3 heterocycles. The predicted octanol–water partition coefficient (Wildman–Crippen LogP) is 2.99. The largest absolute Gasteiger partial charge is 0.212 e. The van der Waals surface area contributed by atoms with E-state index in [9.17, 15) is 0 Å². The second-order valence-corrected chi connectivity index (χ2v) is 5.54. The molecule has 1 unspecified atom stereocenters. The van der Waals surface area contributed by atoms with Gasteiger partial charge in [0.05, 0.1) is 0 Å². The minimum Gasteiger partial charge on any atom is -0.212 e. The Morgan fingerprint density at radius 1 is 1.44 bits per heavy atom. The lowest BCUT2D eigenvalue weighted by Crippen LogP contribution is -2.10. The van der Waals surface area contributed by atoms with Crippen molar-refractivity contribution >= 4 is 29.0 Å². The minimum absolute atomic E-state index is 0.495. The van der Waals surface area contributed by atoms with Gasteiger partial charge in [0.25, 0.3) is 0 Å². The van der Waals surface area contributed by atoms with Gasteiger partial charge in [-0.05, 0) is 30.7 Å². The zero-order valence-electron chi connectivity index (χ0n) is 8.77. The van der Waals surface area contributed by atoms with Crippen molar-refractivity contribution in [2.45, 2.75) is 18.8 Å². The number of rotatable bonds is 1. The summed E-state index contributed by atoms with van der Waals surface area (Å²) >= 11 is 8.05. The fourth-order valence-electron chi connectivity index (χ4n) is 2.01. The highest BCUT2D eigenvalue weighted by molar-refractivity contribution is 7.99. The molecule has 16 heavy (non-hydrogen) atoms. The first-order chi connectivity index (χ1) is 7.84. The van der Waals surface area contributed by atoms with Crippen LogP contribution in [-0.2, 0) is 0 Å². The Balaban J connectivity index is 2.01. The van der Waals surface area contributed by atoms with Gasteiger partial charge in [0.1, 0.15) is 5.15 Å². The maximum Gasteiger partial charge on any atom is 0.157 e. The van der Waals surface area contributed by atoms with Crippen molar-refractivity contribution < 1.29 is 0 Å². The number of thioether (sulfide) groups is 1. The van der Waals surface area contributed by atoms with E-state index in [1.807, 2.05) is 30.0 Å². The second kappa shape index (κ2) is 4.26. The Labute approximate surface area is 103 Å². The highest BCUT2D eigenvalue weighted by atomic mass is 35.5. The average Bonchev–Trinajstić information content (AvgIpc) is 2.76. The van der Waals surface area contributed by atoms with Crippen LogP contribution in [0.2, 0.25) is 5.15 Å². The summed E-state index contributed by atoms with van der Waals surface area (Å²) in [6.07, 6.45) is 2.46. The van der Waals surface area contributed by atoms with Crippen molar-refractivity contribution in [3.8, 4) is 0 Å². The van der Waals surface area contributed by atoms with Gasteiger partial charge in [-0.25, -0.2) is 9.50 Å². The van der Waals surface area contributed by atoms with Crippen molar-refractivity contribution in [2.24, 2.45) is 0 Å². The molecule has 84 valence electrons. The predicted molar refractivity (Wildman–Crippen MR) is 67.3 cm³/mol. The van der Waals surface area contributed by atoms with E-state index in [-0.39, 0.29) is 0 Å². The Morgan fingerprint density at radius 2 is 2.38 bits per heavy atom. The summed E-state index contributed by atoms with van der Waals surface area (Å²) in [5, 5.41) is 5.12. The lowest BCUT2D eigenvalue weighted by Gasteiger charge is -2.17. The summed E-state index contributed by atoms with van der Waals surface area (Å²) < 4.78 is 1.72. The molecular weight excluding hydrogens is 242 g/mol. The van der Waals surface area contributed by atoms with Crippen LogP contribution in [0.1, 0.15) is 24.6 Å². The fraction of sp³-hybridized carbons (Fsp3) is 0.455. The molecule has 2 aromatic rings. The van der Waals surface area contributed by atoms with Crippen molar-refractivity contribution in [3.63, 3.8) is 0 Å². The van der Waals surface area contributed by atoms with E-state index in [4.69, 9.17) is 11.6 Å². The molecule has 0 saturated carbocycles. The third-order valence-corrected chi connectivity index (χ3v) is 4.36. The van der Waals surface area contributed by atoms with Gasteiger partial charge >= 0.3 is 0 Å². The molecule has 0 radical (unpaired) electrons. The van der Waals surface area contributed by atoms with Gasteiger partial charge in [-0.15, -0.1) is 5.10 Å². The van der Waals surface area contributed by atoms with Crippen LogP contribution in [0.4, 0.5) is 0 Å². The maximum absolute atomic E-state index is 6.06. The number of hydrogen-bond donors (Lipinski definition) is 0. The van der Waals surface area contributed by atoms with E-state index in [0.29, 0.717) is 11.1 Å². The van der Waals surface area contributed by atoms with Crippen LogP contribution >= 0.6 is 23.4 Å². The monoisotopic (exact) mass is 253 g/mol. The van der Waals surface area contributed by atoms with Crippen LogP contribution in [0, 0.1) is 0 Å². The fourth-order valence-corrected chi connectivity index (χ4v) is 3.34. The van der Waals surface area contributed by atoms with Crippen LogP contribution < -0.4 is 0 Å². The molecule has 5 heteroatoms. The molecule has 1 aliphatic rings. The Morgan fingerprint density at radius 3 is 3.12 bits per heavy atom. The summed E-state index contributed by atoms with van der Waals surface area (Å²) in [5.41, 5.74) is 0.845. The molecule has 2 aromatic heterocycles. The molecule has 3 rings (SSSR count). The smallest absolute Gasteiger partial charge is 0.157 e. The minimum atomic E-state index is 0.495. The Hall–Kier alpha value is -0.740. The summed E-state index contributed by atoms with van der Waals surface area (Å²) in [4.78, 5) is 4.55. The van der Waals surface area contributed by atoms with Crippen molar-refractivity contribution in [1.29, 1.82) is 0 Å². The summed E-state index contributed by atoms with van der Waals surface area (Å²) in [6.45, 7) is 0. The topological polar surface area (TPSA) is 30.2 Å². The van der Waals surface area contributed by atoms with E-state index in [0.717, 1.165) is 17.2 Å². The summed E-state index contributed by atoms with van der Waals surface area (Å²) in [6, 6.07) is 5.69. The van der Waals surface area contributed by atoms with E-state index in [1.54, 1.807) is 4.52 Å². The molecule has 0 N–H and O–H groups in total. The molecule has 1 saturated heterocycles. The standard InChI is InChI=1S/C11H12ClN3S/c12-9-4-1-5-10-13-11(14-15(9)10)8-3-2-6-16-7-8/h1,4-5,8H,2-3,6-7H2. The molecule has 1 fully saturated rings. The van der Waals surface area contributed by atoms with Crippen LogP contribution in [0.3, 0.4) is 0 Å². The van der Waals surface area contributed by atoms with Gasteiger partial charge in [0, 0.05) is 11.7 Å². The Bertz CT molecular complexity index is 505. The lowest BCUT2D eigenvalue weighted by atomic mass is 10.1. The van der Waals surface area contributed by atoms with Crippen LogP contribution in [-0.4, -0.2) is 26.1 Å². The van der Waals surface area contributed by atoms with Crippen LogP contribution in [0.5, 0.6) is 0 Å².